The Balaban J connectivity index is 2.11. The van der Waals surface area contributed by atoms with Crippen LogP contribution in [0.2, 0.25) is 0 Å². The molecule has 1 aliphatic heterocycles. The van der Waals surface area contributed by atoms with E-state index in [1.807, 2.05) is 6.07 Å². The summed E-state index contributed by atoms with van der Waals surface area (Å²) >= 11 is 2.09. The molecule has 0 saturated heterocycles. The molecule has 5 heteroatoms. The van der Waals surface area contributed by atoms with E-state index in [9.17, 15) is 9.59 Å². The molecular formula is C13H14INO3. The fourth-order valence-electron chi connectivity index (χ4n) is 2.01. The highest BCUT2D eigenvalue weighted by atomic mass is 127. The molecule has 2 rings (SSSR count). The van der Waals surface area contributed by atoms with Crippen LogP contribution >= 0.6 is 22.6 Å². The van der Waals surface area contributed by atoms with E-state index in [0.29, 0.717) is 24.3 Å². The minimum atomic E-state index is -0.175. The molecule has 0 bridgehead atoms. The Morgan fingerprint density at radius 2 is 2.00 bits per heavy atom. The lowest BCUT2D eigenvalue weighted by Crippen LogP contribution is -2.30. The molecule has 0 N–H and O–H groups in total. The van der Waals surface area contributed by atoms with Gasteiger partial charge in [-0.2, -0.15) is 0 Å². The number of rotatable bonds is 5. The largest absolute Gasteiger partial charge is 0.385 e. The minimum Gasteiger partial charge on any atom is -0.385 e. The Kier molecular flexibility index (Phi) is 4.34. The number of fused-ring (bicyclic) bond motifs is 1. The van der Waals surface area contributed by atoms with E-state index >= 15 is 0 Å². The van der Waals surface area contributed by atoms with E-state index in [1.54, 1.807) is 19.2 Å². The summed E-state index contributed by atoms with van der Waals surface area (Å²) in [4.78, 5) is 25.6. The fourth-order valence-corrected chi connectivity index (χ4v) is 2.74. The third-order valence-corrected chi connectivity index (χ3v) is 3.83. The molecule has 1 aromatic carbocycles. The van der Waals surface area contributed by atoms with Crippen molar-refractivity contribution in [1.29, 1.82) is 0 Å². The molecule has 1 aliphatic rings. The van der Waals surface area contributed by atoms with Crippen molar-refractivity contribution in [2.75, 3.05) is 20.3 Å². The highest BCUT2D eigenvalue weighted by Crippen LogP contribution is 2.27. The predicted molar refractivity (Wildman–Crippen MR) is 75.6 cm³/mol. The Morgan fingerprint density at radius 1 is 1.22 bits per heavy atom. The molecule has 0 saturated carbocycles. The number of carbonyl (C=O) groups excluding carboxylic acids is 2. The first kappa shape index (κ1) is 13.5. The number of unbranched alkanes of at least 4 members (excludes halogenated alkanes) is 1. The minimum absolute atomic E-state index is 0.169. The summed E-state index contributed by atoms with van der Waals surface area (Å²) in [5.74, 6) is -0.344. The highest BCUT2D eigenvalue weighted by molar-refractivity contribution is 14.1. The molecule has 1 heterocycles. The first-order valence-corrected chi connectivity index (χ1v) is 6.88. The average molecular weight is 359 g/mol. The molecule has 96 valence electrons. The molecule has 2 amide bonds. The number of halogens is 1. The van der Waals surface area contributed by atoms with Crippen LogP contribution < -0.4 is 0 Å². The second-order valence-corrected chi connectivity index (χ2v) is 5.29. The molecule has 0 unspecified atom stereocenters. The highest BCUT2D eigenvalue weighted by Gasteiger charge is 2.36. The van der Waals surface area contributed by atoms with Crippen molar-refractivity contribution in [3.63, 3.8) is 0 Å². The van der Waals surface area contributed by atoms with Gasteiger partial charge in [0.05, 0.1) is 11.1 Å². The summed E-state index contributed by atoms with van der Waals surface area (Å²) in [7, 11) is 1.64. The summed E-state index contributed by atoms with van der Waals surface area (Å²) in [6.45, 7) is 1.12. The van der Waals surface area contributed by atoms with E-state index in [0.717, 1.165) is 16.4 Å². The second-order valence-electron chi connectivity index (χ2n) is 4.12. The number of amides is 2. The Morgan fingerprint density at radius 3 is 2.67 bits per heavy atom. The van der Waals surface area contributed by atoms with Crippen LogP contribution in [0.15, 0.2) is 18.2 Å². The summed E-state index contributed by atoms with van der Waals surface area (Å²) in [6.07, 6.45) is 1.62. The smallest absolute Gasteiger partial charge is 0.262 e. The zero-order chi connectivity index (χ0) is 13.1. The molecule has 0 aromatic heterocycles. The molecule has 1 aromatic rings. The van der Waals surface area contributed by atoms with Gasteiger partial charge in [-0.3, -0.25) is 14.5 Å². The predicted octanol–water partition coefficient (Wildman–Crippen LogP) is 2.31. The monoisotopic (exact) mass is 359 g/mol. The lowest BCUT2D eigenvalue weighted by atomic mass is 10.1. The van der Waals surface area contributed by atoms with Gasteiger partial charge in [0.1, 0.15) is 0 Å². The first-order valence-electron chi connectivity index (χ1n) is 5.80. The SMILES string of the molecule is COCCCCN1C(=O)c2cccc(I)c2C1=O. The molecule has 0 fully saturated rings. The van der Waals surface area contributed by atoms with Crippen molar-refractivity contribution >= 4 is 34.4 Å². The van der Waals surface area contributed by atoms with Gasteiger partial charge in [-0.1, -0.05) is 6.07 Å². The first-order chi connectivity index (χ1) is 8.66. The number of benzene rings is 1. The molecule has 18 heavy (non-hydrogen) atoms. The van der Waals surface area contributed by atoms with Crippen LogP contribution in [0.5, 0.6) is 0 Å². The van der Waals surface area contributed by atoms with Crippen molar-refractivity contribution < 1.29 is 14.3 Å². The third-order valence-electron chi connectivity index (χ3n) is 2.93. The molecule has 0 radical (unpaired) electrons. The van der Waals surface area contributed by atoms with Gasteiger partial charge < -0.3 is 4.74 Å². The van der Waals surface area contributed by atoms with Crippen molar-refractivity contribution in [3.05, 3.63) is 32.9 Å². The van der Waals surface area contributed by atoms with E-state index < -0.39 is 0 Å². The van der Waals surface area contributed by atoms with E-state index in [1.165, 1.54) is 4.90 Å². The third kappa shape index (κ3) is 2.42. The van der Waals surface area contributed by atoms with Crippen LogP contribution in [0.3, 0.4) is 0 Å². The van der Waals surface area contributed by atoms with Crippen LogP contribution in [0, 0.1) is 3.57 Å². The Labute approximate surface area is 119 Å². The van der Waals surface area contributed by atoms with Gasteiger partial charge in [-0.15, -0.1) is 0 Å². The normalized spacial score (nSPS) is 14.2. The average Bonchev–Trinajstić information content (AvgIpc) is 2.60. The van der Waals surface area contributed by atoms with Crippen molar-refractivity contribution in [1.82, 2.24) is 4.90 Å². The quantitative estimate of drug-likeness (QED) is 0.461. The van der Waals surface area contributed by atoms with Gasteiger partial charge >= 0.3 is 0 Å². The Hall–Kier alpha value is -0.950. The lowest BCUT2D eigenvalue weighted by molar-refractivity contribution is 0.0647. The number of carbonyl (C=O) groups is 2. The van der Waals surface area contributed by atoms with Gasteiger partial charge in [0, 0.05) is 23.8 Å². The summed E-state index contributed by atoms with van der Waals surface area (Å²) in [5.41, 5.74) is 1.08. The summed E-state index contributed by atoms with van der Waals surface area (Å²) in [6, 6.07) is 5.37. The fraction of sp³-hybridized carbons (Fsp3) is 0.385. The van der Waals surface area contributed by atoms with E-state index in [2.05, 4.69) is 22.6 Å². The van der Waals surface area contributed by atoms with E-state index in [4.69, 9.17) is 4.74 Å². The Bertz CT molecular complexity index is 487. The van der Waals surface area contributed by atoms with Gasteiger partial charge in [-0.25, -0.2) is 0 Å². The van der Waals surface area contributed by atoms with E-state index in [-0.39, 0.29) is 11.8 Å². The summed E-state index contributed by atoms with van der Waals surface area (Å²) in [5, 5.41) is 0. The van der Waals surface area contributed by atoms with Crippen LogP contribution in [0.25, 0.3) is 0 Å². The molecule has 0 spiro atoms. The molecule has 0 atom stereocenters. The number of imide groups is 1. The van der Waals surface area contributed by atoms with Gasteiger partial charge in [0.25, 0.3) is 11.8 Å². The van der Waals surface area contributed by atoms with Crippen molar-refractivity contribution in [2.24, 2.45) is 0 Å². The molecular weight excluding hydrogens is 345 g/mol. The maximum absolute atomic E-state index is 12.2. The van der Waals surface area contributed by atoms with Crippen LogP contribution in [-0.2, 0) is 4.74 Å². The van der Waals surface area contributed by atoms with Crippen LogP contribution in [0.4, 0.5) is 0 Å². The van der Waals surface area contributed by atoms with Crippen molar-refractivity contribution in [2.45, 2.75) is 12.8 Å². The maximum Gasteiger partial charge on any atom is 0.262 e. The molecule has 0 aliphatic carbocycles. The number of methoxy groups -OCH3 is 1. The zero-order valence-electron chi connectivity index (χ0n) is 10.1. The maximum atomic E-state index is 12.2. The van der Waals surface area contributed by atoms with Gasteiger partial charge in [-0.05, 0) is 47.6 Å². The number of ether oxygens (including phenoxy) is 1. The number of nitrogens with zero attached hydrogens (tertiary/aromatic N) is 1. The van der Waals surface area contributed by atoms with Gasteiger partial charge in [0.15, 0.2) is 0 Å². The number of hydrogen-bond acceptors (Lipinski definition) is 3. The van der Waals surface area contributed by atoms with Crippen LogP contribution in [0.1, 0.15) is 33.6 Å². The second kappa shape index (κ2) is 5.79. The number of hydrogen-bond donors (Lipinski definition) is 0. The standard InChI is InChI=1S/C13H14INO3/c1-18-8-3-2-7-15-12(16)9-5-4-6-10(14)11(9)13(15)17/h4-6H,2-3,7-8H2,1H3. The van der Waals surface area contributed by atoms with Crippen LogP contribution in [-0.4, -0.2) is 37.0 Å². The zero-order valence-corrected chi connectivity index (χ0v) is 12.3. The topological polar surface area (TPSA) is 46.6 Å². The summed E-state index contributed by atoms with van der Waals surface area (Å²) < 4.78 is 5.79. The van der Waals surface area contributed by atoms with Crippen molar-refractivity contribution in [3.8, 4) is 0 Å². The molecule has 4 nitrogen and oxygen atoms in total. The lowest BCUT2D eigenvalue weighted by Gasteiger charge is -2.13. The van der Waals surface area contributed by atoms with Gasteiger partial charge in [0.2, 0.25) is 0 Å².